The van der Waals surface area contributed by atoms with Crippen molar-refractivity contribution in [2.75, 3.05) is 0 Å². The smallest absolute Gasteiger partial charge is 0.324 e. The number of nitrogens with zero attached hydrogens (tertiary/aromatic N) is 2. The molecule has 0 aliphatic heterocycles. The van der Waals surface area contributed by atoms with E-state index in [2.05, 4.69) is 5.10 Å². The molecular formula is C16H18F3N3. The highest BCUT2D eigenvalue weighted by Gasteiger charge is 2.41. The fourth-order valence-electron chi connectivity index (χ4n) is 3.07. The molecule has 0 radical (unpaired) electrons. The molecule has 0 bridgehead atoms. The molecule has 2 aromatic rings. The molecule has 1 aliphatic carbocycles. The first-order valence-electron chi connectivity index (χ1n) is 7.43. The second-order valence-electron chi connectivity index (χ2n) is 5.66. The number of halogens is 3. The zero-order valence-corrected chi connectivity index (χ0v) is 12.1. The van der Waals surface area contributed by atoms with Gasteiger partial charge in [-0.05, 0) is 31.2 Å². The zero-order chi connectivity index (χ0) is 15.7. The fraction of sp³-hybridized carbons (Fsp3) is 0.438. The molecule has 1 heterocycles. The molecule has 1 aliphatic rings. The number of hydrogen-bond acceptors (Lipinski definition) is 2. The highest BCUT2D eigenvalue weighted by molar-refractivity contribution is 5.34. The fourth-order valence-corrected chi connectivity index (χ4v) is 3.07. The van der Waals surface area contributed by atoms with Gasteiger partial charge in [0.15, 0.2) is 5.69 Å². The molecule has 1 aromatic carbocycles. The Morgan fingerprint density at radius 1 is 1.23 bits per heavy atom. The van der Waals surface area contributed by atoms with Crippen LogP contribution in [-0.4, -0.2) is 9.78 Å². The van der Waals surface area contributed by atoms with Gasteiger partial charge in [-0.3, -0.25) is 4.68 Å². The molecule has 3 nitrogen and oxygen atoms in total. The van der Waals surface area contributed by atoms with Crippen molar-refractivity contribution in [1.29, 1.82) is 0 Å². The standard InChI is InChI=1S/C16H18F3N3/c17-16(18,19)15-14-12(20)7-4-8-13(14)22(21-15)10-9-11-5-2-1-3-6-11/h1-3,5-6,12H,4,7-10,20H2. The van der Waals surface area contributed by atoms with E-state index in [0.29, 0.717) is 31.5 Å². The maximum atomic E-state index is 13.2. The van der Waals surface area contributed by atoms with Crippen LogP contribution in [0.4, 0.5) is 13.2 Å². The lowest BCUT2D eigenvalue weighted by molar-refractivity contribution is -0.142. The number of aryl methyl sites for hydroxylation is 2. The van der Waals surface area contributed by atoms with Crippen molar-refractivity contribution in [1.82, 2.24) is 9.78 Å². The molecule has 1 aromatic heterocycles. The Balaban J connectivity index is 1.91. The molecule has 0 spiro atoms. The van der Waals surface area contributed by atoms with E-state index in [-0.39, 0.29) is 5.56 Å². The van der Waals surface area contributed by atoms with Crippen LogP contribution >= 0.6 is 0 Å². The van der Waals surface area contributed by atoms with E-state index in [0.717, 1.165) is 12.0 Å². The maximum Gasteiger partial charge on any atom is 0.435 e. The molecule has 0 fully saturated rings. The van der Waals surface area contributed by atoms with Gasteiger partial charge in [0.1, 0.15) is 0 Å². The summed E-state index contributed by atoms with van der Waals surface area (Å²) in [5.74, 6) is 0. The van der Waals surface area contributed by atoms with Gasteiger partial charge in [0, 0.05) is 23.8 Å². The average molecular weight is 309 g/mol. The summed E-state index contributed by atoms with van der Waals surface area (Å²) in [7, 11) is 0. The third kappa shape index (κ3) is 2.88. The van der Waals surface area contributed by atoms with Gasteiger partial charge in [-0.2, -0.15) is 18.3 Å². The maximum absolute atomic E-state index is 13.2. The molecule has 2 N–H and O–H groups in total. The van der Waals surface area contributed by atoms with E-state index in [1.807, 2.05) is 30.3 Å². The van der Waals surface area contributed by atoms with Gasteiger partial charge in [-0.1, -0.05) is 30.3 Å². The lowest BCUT2D eigenvalue weighted by Crippen LogP contribution is -2.21. The van der Waals surface area contributed by atoms with E-state index >= 15 is 0 Å². The van der Waals surface area contributed by atoms with Crippen LogP contribution in [0.1, 0.15) is 41.4 Å². The quantitative estimate of drug-likeness (QED) is 0.943. The molecule has 0 saturated heterocycles. The van der Waals surface area contributed by atoms with E-state index < -0.39 is 17.9 Å². The van der Waals surface area contributed by atoms with Crippen LogP contribution in [-0.2, 0) is 25.6 Å². The zero-order valence-electron chi connectivity index (χ0n) is 12.1. The largest absolute Gasteiger partial charge is 0.435 e. The summed E-state index contributed by atoms with van der Waals surface area (Å²) < 4.78 is 41.1. The van der Waals surface area contributed by atoms with Gasteiger partial charge in [-0.15, -0.1) is 0 Å². The molecule has 118 valence electrons. The Labute approximate surface area is 126 Å². The van der Waals surface area contributed by atoms with E-state index in [1.165, 1.54) is 4.68 Å². The average Bonchev–Trinajstić information content (AvgIpc) is 2.87. The first-order chi connectivity index (χ1) is 10.5. The van der Waals surface area contributed by atoms with Crippen LogP contribution in [0.5, 0.6) is 0 Å². The third-order valence-electron chi connectivity index (χ3n) is 4.12. The Hall–Kier alpha value is -1.82. The van der Waals surface area contributed by atoms with Crippen LogP contribution in [0.25, 0.3) is 0 Å². The van der Waals surface area contributed by atoms with E-state index in [1.54, 1.807) is 0 Å². The Morgan fingerprint density at radius 3 is 2.64 bits per heavy atom. The predicted octanol–water partition coefficient (Wildman–Crippen LogP) is 3.48. The normalized spacial score (nSPS) is 18.3. The van der Waals surface area contributed by atoms with Crippen LogP contribution < -0.4 is 5.73 Å². The van der Waals surface area contributed by atoms with Gasteiger partial charge in [0.25, 0.3) is 0 Å². The number of aromatic nitrogens is 2. The van der Waals surface area contributed by atoms with Gasteiger partial charge >= 0.3 is 6.18 Å². The predicted molar refractivity (Wildman–Crippen MR) is 77.2 cm³/mol. The van der Waals surface area contributed by atoms with Gasteiger partial charge < -0.3 is 5.73 Å². The molecular weight excluding hydrogens is 291 g/mol. The van der Waals surface area contributed by atoms with Crippen LogP contribution in [0.15, 0.2) is 30.3 Å². The van der Waals surface area contributed by atoms with Crippen molar-refractivity contribution in [3.63, 3.8) is 0 Å². The molecule has 22 heavy (non-hydrogen) atoms. The summed E-state index contributed by atoms with van der Waals surface area (Å²) in [5, 5.41) is 3.84. The summed E-state index contributed by atoms with van der Waals surface area (Å²) in [5.41, 5.74) is 7.05. The van der Waals surface area contributed by atoms with Crippen molar-refractivity contribution < 1.29 is 13.2 Å². The number of benzene rings is 1. The molecule has 6 heteroatoms. The summed E-state index contributed by atoms with van der Waals surface area (Å²) in [4.78, 5) is 0. The first-order valence-corrected chi connectivity index (χ1v) is 7.43. The number of alkyl halides is 3. The number of fused-ring (bicyclic) bond motifs is 1. The Morgan fingerprint density at radius 2 is 1.95 bits per heavy atom. The van der Waals surface area contributed by atoms with Crippen LogP contribution in [0.3, 0.4) is 0 Å². The molecule has 0 saturated carbocycles. The topological polar surface area (TPSA) is 43.8 Å². The molecule has 1 atom stereocenters. The van der Waals surface area contributed by atoms with Crippen molar-refractivity contribution in [2.24, 2.45) is 5.73 Å². The second-order valence-corrected chi connectivity index (χ2v) is 5.66. The first kappa shape index (κ1) is 15.1. The molecule has 1 unspecified atom stereocenters. The summed E-state index contributed by atoms with van der Waals surface area (Å²) in [6.07, 6.45) is -1.79. The highest BCUT2D eigenvalue weighted by Crippen LogP contribution is 2.39. The Bertz CT molecular complexity index is 647. The lowest BCUT2D eigenvalue weighted by atomic mass is 9.91. The van der Waals surface area contributed by atoms with Gasteiger partial charge in [-0.25, -0.2) is 0 Å². The Kier molecular flexibility index (Phi) is 3.95. The van der Waals surface area contributed by atoms with Crippen LogP contribution in [0.2, 0.25) is 0 Å². The number of rotatable bonds is 3. The van der Waals surface area contributed by atoms with E-state index in [4.69, 9.17) is 5.73 Å². The second kappa shape index (κ2) is 5.76. The van der Waals surface area contributed by atoms with Gasteiger partial charge in [0.05, 0.1) is 0 Å². The highest BCUT2D eigenvalue weighted by atomic mass is 19.4. The summed E-state index contributed by atoms with van der Waals surface area (Å²) >= 11 is 0. The minimum Gasteiger partial charge on any atom is -0.324 e. The van der Waals surface area contributed by atoms with Crippen LogP contribution in [0, 0.1) is 0 Å². The SMILES string of the molecule is NC1CCCc2c1c(C(F)(F)F)nn2CCc1ccccc1. The van der Waals surface area contributed by atoms with E-state index in [9.17, 15) is 13.2 Å². The third-order valence-corrected chi connectivity index (χ3v) is 4.12. The number of nitrogens with two attached hydrogens (primary N) is 1. The lowest BCUT2D eigenvalue weighted by Gasteiger charge is -2.21. The summed E-state index contributed by atoms with van der Waals surface area (Å²) in [6.45, 7) is 0.440. The minimum atomic E-state index is -4.45. The van der Waals surface area contributed by atoms with Gasteiger partial charge in [0.2, 0.25) is 0 Å². The van der Waals surface area contributed by atoms with Crippen molar-refractivity contribution in [2.45, 2.75) is 44.4 Å². The van der Waals surface area contributed by atoms with Crippen molar-refractivity contribution >= 4 is 0 Å². The summed E-state index contributed by atoms with van der Waals surface area (Å²) in [6, 6.07) is 9.13. The molecule has 0 amide bonds. The van der Waals surface area contributed by atoms with Crippen molar-refractivity contribution in [3.05, 3.63) is 52.8 Å². The number of hydrogen-bond donors (Lipinski definition) is 1. The minimum absolute atomic E-state index is 0.201. The van der Waals surface area contributed by atoms with Crippen molar-refractivity contribution in [3.8, 4) is 0 Å². The monoisotopic (exact) mass is 309 g/mol. The molecule has 3 rings (SSSR count).